The summed E-state index contributed by atoms with van der Waals surface area (Å²) in [5.74, 6) is 2.30. The van der Waals surface area contributed by atoms with Gasteiger partial charge in [0.1, 0.15) is 23.8 Å². The number of benzene rings is 2. The summed E-state index contributed by atoms with van der Waals surface area (Å²) in [6, 6.07) is 19.1. The van der Waals surface area contributed by atoms with E-state index >= 15 is 0 Å². The molecule has 0 radical (unpaired) electrons. The third-order valence-electron chi connectivity index (χ3n) is 4.93. The molecule has 0 amide bonds. The van der Waals surface area contributed by atoms with Gasteiger partial charge in [0.15, 0.2) is 0 Å². The molecule has 1 aliphatic rings. The molecule has 4 nitrogen and oxygen atoms in total. The second-order valence-corrected chi connectivity index (χ2v) is 6.90. The van der Waals surface area contributed by atoms with Crippen molar-refractivity contribution in [1.82, 2.24) is 10.5 Å². The van der Waals surface area contributed by atoms with E-state index < -0.39 is 0 Å². The largest absolute Gasteiger partial charge is 0.487 e. The molecule has 1 aliphatic heterocycles. The first-order valence-corrected chi connectivity index (χ1v) is 9.24. The molecule has 0 atom stereocenters. The average Bonchev–Trinajstić information content (AvgIpc) is 3.13. The van der Waals surface area contributed by atoms with Crippen molar-refractivity contribution in [2.75, 3.05) is 13.1 Å². The third-order valence-corrected chi connectivity index (χ3v) is 4.93. The monoisotopic (exact) mass is 348 g/mol. The van der Waals surface area contributed by atoms with Crippen LogP contribution in [0.1, 0.15) is 35.8 Å². The Kier molecular flexibility index (Phi) is 5.02. The van der Waals surface area contributed by atoms with Crippen LogP contribution in [0.25, 0.3) is 11.1 Å². The normalized spacial score (nSPS) is 15.1. The number of nitrogens with one attached hydrogen (secondary N) is 1. The summed E-state index contributed by atoms with van der Waals surface area (Å²) in [5, 5.41) is 7.41. The second kappa shape index (κ2) is 7.75. The van der Waals surface area contributed by atoms with E-state index in [0.717, 1.165) is 30.3 Å². The fraction of sp³-hybridized carbons (Fsp3) is 0.318. The van der Waals surface area contributed by atoms with Crippen LogP contribution in [0.4, 0.5) is 0 Å². The fourth-order valence-corrected chi connectivity index (χ4v) is 3.54. The lowest BCUT2D eigenvalue weighted by atomic mass is 9.88. The molecular weight excluding hydrogens is 324 g/mol. The molecule has 26 heavy (non-hydrogen) atoms. The van der Waals surface area contributed by atoms with Gasteiger partial charge >= 0.3 is 0 Å². The summed E-state index contributed by atoms with van der Waals surface area (Å²) in [6.45, 7) is 4.52. The molecule has 134 valence electrons. The molecule has 4 rings (SSSR count). The lowest BCUT2D eigenvalue weighted by Crippen LogP contribution is -2.26. The molecule has 1 saturated heterocycles. The van der Waals surface area contributed by atoms with Crippen molar-refractivity contribution in [3.05, 3.63) is 71.6 Å². The maximum Gasteiger partial charge on any atom is 0.134 e. The van der Waals surface area contributed by atoms with Crippen molar-refractivity contribution < 1.29 is 9.26 Å². The lowest BCUT2D eigenvalue weighted by molar-refractivity contribution is 0.288. The molecular formula is C22H24N2O2. The van der Waals surface area contributed by atoms with Crippen LogP contribution in [0.3, 0.4) is 0 Å². The van der Waals surface area contributed by atoms with Crippen molar-refractivity contribution >= 4 is 0 Å². The SMILES string of the molecule is Cc1cc(COc2cccc(-c3cccc(C4CCNCC4)c3)c2)no1. The van der Waals surface area contributed by atoms with Gasteiger partial charge in [-0.15, -0.1) is 0 Å². The molecule has 0 unspecified atom stereocenters. The standard InChI is InChI=1S/C22H24N2O2/c1-16-12-21(24-26-16)15-25-22-7-3-6-20(14-22)19-5-2-4-18(13-19)17-8-10-23-11-9-17/h2-7,12-14,17,23H,8-11,15H2,1H3. The molecule has 3 aromatic rings. The number of hydrogen-bond acceptors (Lipinski definition) is 4. The van der Waals surface area contributed by atoms with Gasteiger partial charge in [-0.25, -0.2) is 0 Å². The van der Waals surface area contributed by atoms with Crippen LogP contribution in [-0.4, -0.2) is 18.2 Å². The van der Waals surface area contributed by atoms with Gasteiger partial charge in [0.25, 0.3) is 0 Å². The van der Waals surface area contributed by atoms with Gasteiger partial charge < -0.3 is 14.6 Å². The molecule has 0 saturated carbocycles. The quantitative estimate of drug-likeness (QED) is 0.726. The molecule has 2 aromatic carbocycles. The second-order valence-electron chi connectivity index (χ2n) is 6.90. The van der Waals surface area contributed by atoms with E-state index in [9.17, 15) is 0 Å². The highest BCUT2D eigenvalue weighted by Gasteiger charge is 2.15. The van der Waals surface area contributed by atoms with Gasteiger partial charge in [-0.05, 0) is 67.6 Å². The van der Waals surface area contributed by atoms with Gasteiger partial charge in [-0.2, -0.15) is 0 Å². The Bertz CT molecular complexity index is 866. The first-order valence-electron chi connectivity index (χ1n) is 9.24. The molecule has 2 heterocycles. The highest BCUT2D eigenvalue weighted by atomic mass is 16.5. The first kappa shape index (κ1) is 16.9. The van der Waals surface area contributed by atoms with Crippen LogP contribution < -0.4 is 10.1 Å². The summed E-state index contributed by atoms with van der Waals surface area (Å²) >= 11 is 0. The van der Waals surface area contributed by atoms with Gasteiger partial charge in [0, 0.05) is 6.07 Å². The maximum absolute atomic E-state index is 5.88. The molecule has 4 heteroatoms. The average molecular weight is 348 g/mol. The number of hydrogen-bond donors (Lipinski definition) is 1. The predicted octanol–water partition coefficient (Wildman–Crippen LogP) is 4.70. The zero-order valence-corrected chi connectivity index (χ0v) is 15.1. The van der Waals surface area contributed by atoms with Gasteiger partial charge in [-0.3, -0.25) is 0 Å². The highest BCUT2D eigenvalue weighted by molar-refractivity contribution is 5.66. The van der Waals surface area contributed by atoms with Gasteiger partial charge in [0.2, 0.25) is 0 Å². The first-order chi connectivity index (χ1) is 12.8. The molecule has 1 N–H and O–H groups in total. The van der Waals surface area contributed by atoms with Crippen molar-refractivity contribution in [3.63, 3.8) is 0 Å². The van der Waals surface area contributed by atoms with Gasteiger partial charge in [0.05, 0.1) is 0 Å². The van der Waals surface area contributed by atoms with E-state index in [1.54, 1.807) is 0 Å². The van der Waals surface area contributed by atoms with Crippen molar-refractivity contribution in [2.24, 2.45) is 0 Å². The number of aryl methyl sites for hydroxylation is 1. The van der Waals surface area contributed by atoms with E-state index in [2.05, 4.69) is 46.9 Å². The van der Waals surface area contributed by atoms with Crippen molar-refractivity contribution in [2.45, 2.75) is 32.3 Å². The molecule has 0 aliphatic carbocycles. The van der Waals surface area contributed by atoms with Gasteiger partial charge in [-0.1, -0.05) is 41.6 Å². The fourth-order valence-electron chi connectivity index (χ4n) is 3.54. The third kappa shape index (κ3) is 3.97. The van der Waals surface area contributed by atoms with Crippen LogP contribution in [0, 0.1) is 6.92 Å². The molecule has 1 fully saturated rings. The Balaban J connectivity index is 1.50. The smallest absolute Gasteiger partial charge is 0.134 e. The summed E-state index contributed by atoms with van der Waals surface area (Å²) in [6.07, 6.45) is 2.42. The Morgan fingerprint density at radius 2 is 1.81 bits per heavy atom. The van der Waals surface area contributed by atoms with Crippen LogP contribution in [-0.2, 0) is 6.61 Å². The minimum atomic E-state index is 0.413. The summed E-state index contributed by atoms with van der Waals surface area (Å²) in [4.78, 5) is 0. The number of rotatable bonds is 5. The maximum atomic E-state index is 5.88. The van der Waals surface area contributed by atoms with Crippen LogP contribution in [0.15, 0.2) is 59.1 Å². The van der Waals surface area contributed by atoms with E-state index in [4.69, 9.17) is 9.26 Å². The predicted molar refractivity (Wildman–Crippen MR) is 102 cm³/mol. The molecule has 1 aromatic heterocycles. The van der Waals surface area contributed by atoms with Crippen LogP contribution >= 0.6 is 0 Å². The van der Waals surface area contributed by atoms with Crippen LogP contribution in [0.2, 0.25) is 0 Å². The van der Waals surface area contributed by atoms with E-state index in [1.807, 2.05) is 25.1 Å². The Labute approximate surface area is 154 Å². The number of ether oxygens (including phenoxy) is 1. The number of piperidine rings is 1. The Hall–Kier alpha value is -2.59. The summed E-state index contributed by atoms with van der Waals surface area (Å²) in [7, 11) is 0. The Morgan fingerprint density at radius 3 is 2.58 bits per heavy atom. The number of nitrogens with zero attached hydrogens (tertiary/aromatic N) is 1. The topological polar surface area (TPSA) is 47.3 Å². The minimum absolute atomic E-state index is 0.413. The van der Waals surface area contributed by atoms with E-state index in [1.165, 1.54) is 29.5 Å². The summed E-state index contributed by atoms with van der Waals surface area (Å²) < 4.78 is 11.0. The Morgan fingerprint density at radius 1 is 1.04 bits per heavy atom. The molecule has 0 bridgehead atoms. The molecule has 0 spiro atoms. The lowest BCUT2D eigenvalue weighted by Gasteiger charge is -2.23. The zero-order valence-electron chi connectivity index (χ0n) is 15.1. The van der Waals surface area contributed by atoms with Crippen molar-refractivity contribution in [3.8, 4) is 16.9 Å². The van der Waals surface area contributed by atoms with E-state index in [-0.39, 0.29) is 0 Å². The van der Waals surface area contributed by atoms with Crippen molar-refractivity contribution in [1.29, 1.82) is 0 Å². The zero-order chi connectivity index (χ0) is 17.8. The minimum Gasteiger partial charge on any atom is -0.487 e. The van der Waals surface area contributed by atoms with Crippen LogP contribution in [0.5, 0.6) is 5.75 Å². The highest BCUT2D eigenvalue weighted by Crippen LogP contribution is 2.30. The summed E-state index contributed by atoms with van der Waals surface area (Å²) in [5.41, 5.74) is 4.66. The van der Waals surface area contributed by atoms with E-state index in [0.29, 0.717) is 12.5 Å². The number of aromatic nitrogens is 1.